The van der Waals surface area contributed by atoms with Gasteiger partial charge in [0.05, 0.1) is 22.1 Å². The van der Waals surface area contributed by atoms with Gasteiger partial charge in [0.15, 0.2) is 0 Å². The molecule has 5 nitrogen and oxygen atoms in total. The molecule has 6 heteroatoms. The second-order valence-corrected chi connectivity index (χ2v) is 7.36. The highest BCUT2D eigenvalue weighted by atomic mass is 32.1. The molecule has 134 valence electrons. The largest absolute Gasteiger partial charge is 0.352 e. The average Bonchev–Trinajstić information content (AvgIpc) is 3.12. The van der Waals surface area contributed by atoms with Crippen LogP contribution in [0.15, 0.2) is 41.8 Å². The summed E-state index contributed by atoms with van der Waals surface area (Å²) in [6.45, 7) is 6.75. The average molecular weight is 366 g/mol. The van der Waals surface area contributed by atoms with E-state index in [0.717, 1.165) is 34.1 Å². The highest BCUT2D eigenvalue weighted by molar-refractivity contribution is 7.09. The van der Waals surface area contributed by atoms with Gasteiger partial charge in [-0.05, 0) is 31.2 Å². The molecule has 0 aliphatic heterocycles. The third-order valence-electron chi connectivity index (χ3n) is 3.97. The van der Waals surface area contributed by atoms with Crippen LogP contribution in [0.2, 0.25) is 0 Å². The number of nitrogens with one attached hydrogen (secondary N) is 1. The zero-order valence-electron chi connectivity index (χ0n) is 15.2. The Morgan fingerprint density at radius 1 is 1.12 bits per heavy atom. The Labute approximate surface area is 157 Å². The van der Waals surface area contributed by atoms with Crippen LogP contribution in [0.3, 0.4) is 0 Å². The van der Waals surface area contributed by atoms with E-state index in [1.165, 1.54) is 0 Å². The van der Waals surface area contributed by atoms with Crippen molar-refractivity contribution in [2.75, 3.05) is 6.54 Å². The zero-order valence-corrected chi connectivity index (χ0v) is 16.0. The number of nitrogens with zero attached hydrogens (tertiary/aromatic N) is 3. The lowest BCUT2D eigenvalue weighted by molar-refractivity contribution is 0.0954. The third kappa shape index (κ3) is 4.52. The maximum absolute atomic E-state index is 12.3. The van der Waals surface area contributed by atoms with Crippen molar-refractivity contribution in [3.8, 4) is 11.3 Å². The maximum Gasteiger partial charge on any atom is 0.251 e. The molecule has 1 amide bonds. The van der Waals surface area contributed by atoms with Crippen molar-refractivity contribution in [1.29, 1.82) is 0 Å². The number of carbonyl (C=O) groups is 1. The molecule has 1 aromatic carbocycles. The topological polar surface area (TPSA) is 67.8 Å². The van der Waals surface area contributed by atoms with Gasteiger partial charge in [-0.25, -0.2) is 4.98 Å². The fourth-order valence-corrected chi connectivity index (χ4v) is 3.32. The summed E-state index contributed by atoms with van der Waals surface area (Å²) in [5, 5.41) is 14.4. The van der Waals surface area contributed by atoms with Crippen LogP contribution >= 0.6 is 11.3 Å². The van der Waals surface area contributed by atoms with Crippen molar-refractivity contribution in [2.45, 2.75) is 33.1 Å². The van der Waals surface area contributed by atoms with Crippen molar-refractivity contribution >= 4 is 17.2 Å². The standard InChI is InChI=1S/C20H22N4OS/c1-13(2)20-22-17(12-26-20)10-11-21-19(25)16-7-5-15(6-8-16)18-9-4-14(3)23-24-18/h4-9,12-13H,10-11H2,1-3H3,(H,21,25). The van der Waals surface area contributed by atoms with E-state index in [2.05, 4.69) is 39.7 Å². The minimum atomic E-state index is -0.0779. The molecule has 0 aliphatic rings. The predicted molar refractivity (Wildman–Crippen MR) is 104 cm³/mol. The van der Waals surface area contributed by atoms with Crippen molar-refractivity contribution in [2.24, 2.45) is 0 Å². The van der Waals surface area contributed by atoms with E-state index >= 15 is 0 Å². The Hall–Kier alpha value is -2.60. The molecule has 0 fully saturated rings. The van der Waals surface area contributed by atoms with Gasteiger partial charge in [-0.1, -0.05) is 26.0 Å². The number of hydrogen-bond donors (Lipinski definition) is 1. The second-order valence-electron chi connectivity index (χ2n) is 6.47. The first kappa shape index (κ1) is 18.2. The summed E-state index contributed by atoms with van der Waals surface area (Å²) >= 11 is 1.68. The highest BCUT2D eigenvalue weighted by Gasteiger charge is 2.08. The van der Waals surface area contributed by atoms with E-state index in [4.69, 9.17) is 0 Å². The molecule has 2 heterocycles. The summed E-state index contributed by atoms with van der Waals surface area (Å²) < 4.78 is 0. The number of amides is 1. The number of benzene rings is 1. The lowest BCUT2D eigenvalue weighted by Gasteiger charge is -2.06. The Balaban J connectivity index is 1.55. The molecule has 0 bridgehead atoms. The first-order valence-electron chi connectivity index (χ1n) is 8.66. The smallest absolute Gasteiger partial charge is 0.251 e. The van der Waals surface area contributed by atoms with Crippen LogP contribution in [0.1, 0.15) is 46.5 Å². The number of carbonyl (C=O) groups excluding carboxylic acids is 1. The van der Waals surface area contributed by atoms with E-state index in [9.17, 15) is 4.79 Å². The molecule has 0 saturated carbocycles. The molecule has 0 radical (unpaired) electrons. The summed E-state index contributed by atoms with van der Waals surface area (Å²) in [6, 6.07) is 11.3. The summed E-state index contributed by atoms with van der Waals surface area (Å²) in [7, 11) is 0. The van der Waals surface area contributed by atoms with Gasteiger partial charge >= 0.3 is 0 Å². The Morgan fingerprint density at radius 2 is 1.88 bits per heavy atom. The van der Waals surface area contributed by atoms with Crippen LogP contribution in [0.25, 0.3) is 11.3 Å². The lowest BCUT2D eigenvalue weighted by atomic mass is 10.1. The minimum absolute atomic E-state index is 0.0779. The minimum Gasteiger partial charge on any atom is -0.352 e. The van der Waals surface area contributed by atoms with Gasteiger partial charge in [0.2, 0.25) is 0 Å². The molecule has 2 aromatic heterocycles. The molecule has 3 rings (SSSR count). The van der Waals surface area contributed by atoms with Crippen LogP contribution < -0.4 is 5.32 Å². The Morgan fingerprint density at radius 3 is 2.50 bits per heavy atom. The van der Waals surface area contributed by atoms with Gasteiger partial charge in [0, 0.05) is 35.4 Å². The monoisotopic (exact) mass is 366 g/mol. The van der Waals surface area contributed by atoms with Gasteiger partial charge in [-0.2, -0.15) is 10.2 Å². The number of hydrogen-bond acceptors (Lipinski definition) is 5. The van der Waals surface area contributed by atoms with Crippen LogP contribution in [0, 0.1) is 6.92 Å². The molecule has 0 spiro atoms. The predicted octanol–water partition coefficient (Wildman–Crippen LogP) is 4.00. The van der Waals surface area contributed by atoms with E-state index in [-0.39, 0.29) is 5.91 Å². The molecular formula is C20H22N4OS. The molecule has 26 heavy (non-hydrogen) atoms. The highest BCUT2D eigenvalue weighted by Crippen LogP contribution is 2.19. The van der Waals surface area contributed by atoms with Gasteiger partial charge in [-0.15, -0.1) is 11.3 Å². The van der Waals surface area contributed by atoms with Gasteiger partial charge < -0.3 is 5.32 Å². The van der Waals surface area contributed by atoms with E-state index < -0.39 is 0 Å². The van der Waals surface area contributed by atoms with E-state index in [1.54, 1.807) is 11.3 Å². The number of aromatic nitrogens is 3. The fourth-order valence-electron chi connectivity index (χ4n) is 2.45. The van der Waals surface area contributed by atoms with Crippen molar-refractivity contribution < 1.29 is 4.79 Å². The van der Waals surface area contributed by atoms with Gasteiger partial charge in [0.25, 0.3) is 5.91 Å². The molecule has 3 aromatic rings. The Kier molecular flexibility index (Phi) is 5.73. The number of aryl methyl sites for hydroxylation is 1. The first-order chi connectivity index (χ1) is 12.5. The summed E-state index contributed by atoms with van der Waals surface area (Å²) in [5.41, 5.74) is 4.29. The fraction of sp³-hybridized carbons (Fsp3) is 0.300. The van der Waals surface area contributed by atoms with Crippen molar-refractivity contribution in [3.63, 3.8) is 0 Å². The maximum atomic E-state index is 12.3. The number of thiazole rings is 1. The normalized spacial score (nSPS) is 10.9. The number of rotatable bonds is 6. The molecule has 1 N–H and O–H groups in total. The van der Waals surface area contributed by atoms with Crippen molar-refractivity contribution in [1.82, 2.24) is 20.5 Å². The Bertz CT molecular complexity index is 870. The molecule has 0 saturated heterocycles. The van der Waals surface area contributed by atoms with Crippen molar-refractivity contribution in [3.05, 3.63) is 63.7 Å². The third-order valence-corrected chi connectivity index (χ3v) is 5.16. The SMILES string of the molecule is Cc1ccc(-c2ccc(C(=O)NCCc3csc(C(C)C)n3)cc2)nn1. The second kappa shape index (κ2) is 8.19. The molecule has 0 atom stereocenters. The van der Waals surface area contributed by atoms with E-state index in [1.807, 2.05) is 43.3 Å². The lowest BCUT2D eigenvalue weighted by Crippen LogP contribution is -2.25. The van der Waals surface area contributed by atoms with E-state index in [0.29, 0.717) is 18.0 Å². The molecule has 0 aliphatic carbocycles. The zero-order chi connectivity index (χ0) is 18.5. The summed E-state index contributed by atoms with van der Waals surface area (Å²) in [6.07, 6.45) is 0.742. The first-order valence-corrected chi connectivity index (χ1v) is 9.54. The summed E-state index contributed by atoms with van der Waals surface area (Å²) in [5.74, 6) is 0.367. The van der Waals surface area contributed by atoms with Crippen LogP contribution in [-0.4, -0.2) is 27.6 Å². The van der Waals surface area contributed by atoms with Gasteiger partial charge in [-0.3, -0.25) is 4.79 Å². The van der Waals surface area contributed by atoms with Gasteiger partial charge in [0.1, 0.15) is 0 Å². The van der Waals surface area contributed by atoms with Crippen LogP contribution in [0.4, 0.5) is 0 Å². The molecular weight excluding hydrogens is 344 g/mol. The molecule has 0 unspecified atom stereocenters. The summed E-state index contributed by atoms with van der Waals surface area (Å²) in [4.78, 5) is 16.9. The van der Waals surface area contributed by atoms with Crippen LogP contribution in [0.5, 0.6) is 0 Å². The van der Waals surface area contributed by atoms with Crippen LogP contribution in [-0.2, 0) is 6.42 Å². The quantitative estimate of drug-likeness (QED) is 0.716.